The fourth-order valence-electron chi connectivity index (χ4n) is 3.65. The normalized spacial score (nSPS) is 16.8. The van der Waals surface area contributed by atoms with Crippen LogP contribution < -0.4 is 9.47 Å². The van der Waals surface area contributed by atoms with Crippen LogP contribution in [0.15, 0.2) is 54.9 Å². The first-order valence-corrected chi connectivity index (χ1v) is 9.46. The van der Waals surface area contributed by atoms with E-state index in [-0.39, 0.29) is 17.7 Å². The van der Waals surface area contributed by atoms with E-state index in [0.29, 0.717) is 13.0 Å². The third kappa shape index (κ3) is 3.68. The highest BCUT2D eigenvalue weighted by Gasteiger charge is 2.36. The Bertz CT molecular complexity index is 1000. The van der Waals surface area contributed by atoms with Gasteiger partial charge in [0.1, 0.15) is 11.8 Å². The maximum absolute atomic E-state index is 13.9. The van der Waals surface area contributed by atoms with Crippen molar-refractivity contribution in [1.29, 1.82) is 0 Å². The molecule has 1 aromatic heterocycles. The van der Waals surface area contributed by atoms with Gasteiger partial charge in [-0.3, -0.25) is 4.79 Å². The van der Waals surface area contributed by atoms with Gasteiger partial charge in [-0.05, 0) is 36.8 Å². The number of para-hydroxylation sites is 1. The monoisotopic (exact) mass is 395 g/mol. The first kappa shape index (κ1) is 19.0. The molecule has 0 saturated carbocycles. The number of hydrogen-bond donors (Lipinski definition) is 1. The zero-order valence-corrected chi connectivity index (χ0v) is 16.3. The van der Waals surface area contributed by atoms with E-state index in [1.807, 2.05) is 24.3 Å². The Balaban J connectivity index is 1.63. The fourth-order valence-corrected chi connectivity index (χ4v) is 3.65. The summed E-state index contributed by atoms with van der Waals surface area (Å²) in [5.74, 6) is 0.0857. The number of aromatic amines is 1. The van der Waals surface area contributed by atoms with Crippen molar-refractivity contribution < 1.29 is 18.7 Å². The SMILES string of the molecule is COc1ccc([C@H]2c3nc[nH]c3CCN2C(=O)[C@H](C)Oc2ccccc2F)cc1. The molecule has 0 fully saturated rings. The molecule has 0 radical (unpaired) electrons. The second-order valence-electron chi connectivity index (χ2n) is 6.91. The quantitative estimate of drug-likeness (QED) is 0.718. The van der Waals surface area contributed by atoms with Crippen LogP contribution in [0.3, 0.4) is 0 Å². The maximum Gasteiger partial charge on any atom is 0.264 e. The Morgan fingerprint density at radius 1 is 1.24 bits per heavy atom. The first-order valence-electron chi connectivity index (χ1n) is 9.46. The fraction of sp³-hybridized carbons (Fsp3) is 0.273. The first-order chi connectivity index (χ1) is 14.1. The minimum atomic E-state index is -0.840. The van der Waals surface area contributed by atoms with Gasteiger partial charge in [-0.15, -0.1) is 0 Å². The molecule has 4 rings (SSSR count). The Labute approximate surface area is 168 Å². The minimum Gasteiger partial charge on any atom is -0.497 e. The van der Waals surface area contributed by atoms with Crippen molar-refractivity contribution in [2.45, 2.75) is 25.5 Å². The summed E-state index contributed by atoms with van der Waals surface area (Å²) in [6, 6.07) is 13.3. The zero-order chi connectivity index (χ0) is 20.4. The van der Waals surface area contributed by atoms with Gasteiger partial charge in [0.2, 0.25) is 0 Å². The lowest BCUT2D eigenvalue weighted by molar-refractivity contribution is -0.140. The highest BCUT2D eigenvalue weighted by Crippen LogP contribution is 2.34. The van der Waals surface area contributed by atoms with Gasteiger partial charge in [-0.25, -0.2) is 9.37 Å². The summed E-state index contributed by atoms with van der Waals surface area (Å²) in [5.41, 5.74) is 2.75. The van der Waals surface area contributed by atoms with E-state index >= 15 is 0 Å². The molecule has 3 aromatic rings. The van der Waals surface area contributed by atoms with Gasteiger partial charge >= 0.3 is 0 Å². The number of imidazole rings is 1. The van der Waals surface area contributed by atoms with Crippen molar-refractivity contribution in [2.75, 3.05) is 13.7 Å². The number of halogens is 1. The molecule has 150 valence electrons. The van der Waals surface area contributed by atoms with Crippen LogP contribution >= 0.6 is 0 Å². The number of H-pyrrole nitrogens is 1. The lowest BCUT2D eigenvalue weighted by atomic mass is 9.95. The summed E-state index contributed by atoms with van der Waals surface area (Å²) in [6.07, 6.45) is 1.47. The van der Waals surface area contributed by atoms with Gasteiger partial charge in [0, 0.05) is 18.7 Å². The van der Waals surface area contributed by atoms with Crippen molar-refractivity contribution in [3.05, 3.63) is 77.6 Å². The number of amides is 1. The summed E-state index contributed by atoms with van der Waals surface area (Å²) >= 11 is 0. The van der Waals surface area contributed by atoms with Crippen molar-refractivity contribution in [1.82, 2.24) is 14.9 Å². The van der Waals surface area contributed by atoms with Gasteiger partial charge in [0.25, 0.3) is 5.91 Å². The number of benzene rings is 2. The topological polar surface area (TPSA) is 67.5 Å². The van der Waals surface area contributed by atoms with E-state index in [0.717, 1.165) is 22.7 Å². The Kier molecular flexibility index (Phi) is 5.20. The number of methoxy groups -OCH3 is 1. The molecule has 1 aliphatic rings. The van der Waals surface area contributed by atoms with Gasteiger partial charge in [-0.2, -0.15) is 0 Å². The summed E-state index contributed by atoms with van der Waals surface area (Å²) in [6.45, 7) is 2.15. The molecule has 6 nitrogen and oxygen atoms in total. The van der Waals surface area contributed by atoms with Crippen LogP contribution in [0.2, 0.25) is 0 Å². The molecule has 0 spiro atoms. The highest BCUT2D eigenvalue weighted by molar-refractivity contribution is 5.82. The number of hydrogen-bond acceptors (Lipinski definition) is 4. The molecule has 29 heavy (non-hydrogen) atoms. The standard InChI is InChI=1S/C22H22FN3O3/c1-14(29-19-6-4-3-5-17(19)23)22(27)26-12-11-18-20(25-13-24-18)21(26)15-7-9-16(28-2)10-8-15/h3-10,13-14,21H,11-12H2,1-2H3,(H,24,25)/t14-,21-/m0/s1. The third-order valence-corrected chi connectivity index (χ3v) is 5.13. The summed E-state index contributed by atoms with van der Waals surface area (Å²) in [4.78, 5) is 22.6. The minimum absolute atomic E-state index is 0.0619. The summed E-state index contributed by atoms with van der Waals surface area (Å²) in [5, 5.41) is 0. The molecule has 2 atom stereocenters. The maximum atomic E-state index is 13.9. The lowest BCUT2D eigenvalue weighted by Crippen LogP contribution is -2.46. The van der Waals surface area contributed by atoms with E-state index in [2.05, 4.69) is 9.97 Å². The molecule has 0 bridgehead atoms. The van der Waals surface area contributed by atoms with Gasteiger partial charge in [-0.1, -0.05) is 24.3 Å². The molecule has 7 heteroatoms. The molecule has 0 unspecified atom stereocenters. The van der Waals surface area contributed by atoms with Crippen LogP contribution in [0.1, 0.15) is 29.9 Å². The van der Waals surface area contributed by atoms with Crippen LogP contribution in [0, 0.1) is 5.82 Å². The Morgan fingerprint density at radius 2 is 2.00 bits per heavy atom. The number of carbonyl (C=O) groups excluding carboxylic acids is 1. The number of nitrogens with one attached hydrogen (secondary N) is 1. The van der Waals surface area contributed by atoms with Gasteiger partial charge in [0.05, 0.1) is 19.1 Å². The van der Waals surface area contributed by atoms with Crippen molar-refractivity contribution >= 4 is 5.91 Å². The van der Waals surface area contributed by atoms with Crippen LogP contribution in [0.25, 0.3) is 0 Å². The number of rotatable bonds is 5. The molecular weight excluding hydrogens is 373 g/mol. The van der Waals surface area contributed by atoms with Crippen molar-refractivity contribution in [3.63, 3.8) is 0 Å². The number of carbonyl (C=O) groups is 1. The van der Waals surface area contributed by atoms with E-state index < -0.39 is 11.9 Å². The second kappa shape index (κ2) is 7.95. The lowest BCUT2D eigenvalue weighted by Gasteiger charge is -2.36. The number of fused-ring (bicyclic) bond motifs is 1. The average Bonchev–Trinajstić information content (AvgIpc) is 3.23. The third-order valence-electron chi connectivity index (χ3n) is 5.13. The molecule has 0 aliphatic carbocycles. The molecule has 1 aliphatic heterocycles. The second-order valence-corrected chi connectivity index (χ2v) is 6.91. The number of aromatic nitrogens is 2. The molecule has 1 N–H and O–H groups in total. The smallest absolute Gasteiger partial charge is 0.264 e. The summed E-state index contributed by atoms with van der Waals surface area (Å²) in [7, 11) is 1.61. The van der Waals surface area contributed by atoms with Crippen molar-refractivity contribution in [3.8, 4) is 11.5 Å². The summed E-state index contributed by atoms with van der Waals surface area (Å²) < 4.78 is 24.8. The highest BCUT2D eigenvalue weighted by atomic mass is 19.1. The van der Waals surface area contributed by atoms with Crippen LogP contribution in [0.4, 0.5) is 4.39 Å². The Hall–Kier alpha value is -3.35. The molecule has 1 amide bonds. The van der Waals surface area contributed by atoms with Gasteiger partial charge < -0.3 is 19.4 Å². The van der Waals surface area contributed by atoms with E-state index in [1.165, 1.54) is 12.1 Å². The number of ether oxygens (including phenoxy) is 2. The molecular formula is C22H22FN3O3. The largest absolute Gasteiger partial charge is 0.497 e. The van der Waals surface area contributed by atoms with E-state index in [1.54, 1.807) is 37.4 Å². The van der Waals surface area contributed by atoms with Gasteiger partial charge in [0.15, 0.2) is 17.7 Å². The predicted molar refractivity (Wildman–Crippen MR) is 105 cm³/mol. The van der Waals surface area contributed by atoms with E-state index in [4.69, 9.17) is 9.47 Å². The molecule has 2 aromatic carbocycles. The van der Waals surface area contributed by atoms with E-state index in [9.17, 15) is 9.18 Å². The van der Waals surface area contributed by atoms with Crippen LogP contribution in [-0.2, 0) is 11.2 Å². The molecule has 0 saturated heterocycles. The predicted octanol–water partition coefficient (Wildman–Crippen LogP) is 3.50. The number of nitrogens with zero attached hydrogens (tertiary/aromatic N) is 2. The Morgan fingerprint density at radius 3 is 2.72 bits per heavy atom. The van der Waals surface area contributed by atoms with Crippen molar-refractivity contribution in [2.24, 2.45) is 0 Å². The van der Waals surface area contributed by atoms with Crippen LogP contribution in [0.5, 0.6) is 11.5 Å². The molecule has 2 heterocycles. The van der Waals surface area contributed by atoms with Crippen LogP contribution in [-0.4, -0.2) is 40.5 Å². The average molecular weight is 395 g/mol. The zero-order valence-electron chi connectivity index (χ0n) is 16.3.